The highest BCUT2D eigenvalue weighted by Gasteiger charge is 2.24. The van der Waals surface area contributed by atoms with Crippen LogP contribution in [0.3, 0.4) is 0 Å². The lowest BCUT2D eigenvalue weighted by Crippen LogP contribution is -2.35. The second-order valence-corrected chi connectivity index (χ2v) is 9.82. The molecular weight excluding hydrogens is 333 g/mol. The van der Waals surface area contributed by atoms with Gasteiger partial charge in [-0.3, -0.25) is 9.36 Å². The summed E-state index contributed by atoms with van der Waals surface area (Å²) in [5, 5.41) is 0. The Morgan fingerprint density at radius 2 is 1.28 bits per heavy atom. The first kappa shape index (κ1) is 24.7. The molecule has 0 fully saturated rings. The smallest absolute Gasteiger partial charge is 0.232 e. The number of rotatable bonds is 17. The van der Waals surface area contributed by atoms with Crippen LogP contribution in [0, 0.1) is 0 Å². The van der Waals surface area contributed by atoms with Crippen LogP contribution in [-0.4, -0.2) is 43.3 Å². The first-order valence-corrected chi connectivity index (χ1v) is 12.7. The van der Waals surface area contributed by atoms with Crippen LogP contribution in [0.2, 0.25) is 0 Å². The molecule has 0 aliphatic rings. The SMILES string of the molecule is CCCCCCCCCOP(C)(=O)CC(=O)N(CCCC)CCCC. The van der Waals surface area contributed by atoms with Gasteiger partial charge < -0.3 is 9.42 Å². The molecular formula is C20H42NO3P. The van der Waals surface area contributed by atoms with E-state index in [1.54, 1.807) is 6.66 Å². The van der Waals surface area contributed by atoms with Gasteiger partial charge in [-0.1, -0.05) is 72.1 Å². The summed E-state index contributed by atoms with van der Waals surface area (Å²) in [6.07, 6.45) is 12.6. The Balaban J connectivity index is 4.07. The minimum atomic E-state index is -2.82. The van der Waals surface area contributed by atoms with E-state index in [-0.39, 0.29) is 12.1 Å². The molecule has 4 nitrogen and oxygen atoms in total. The molecule has 5 heteroatoms. The molecule has 0 rings (SSSR count). The maximum Gasteiger partial charge on any atom is 0.232 e. The first-order chi connectivity index (χ1) is 12.0. The number of carbonyl (C=O) groups excluding carboxylic acids is 1. The van der Waals surface area contributed by atoms with E-state index in [2.05, 4.69) is 20.8 Å². The highest BCUT2D eigenvalue weighted by molar-refractivity contribution is 7.59. The van der Waals surface area contributed by atoms with Gasteiger partial charge in [-0.15, -0.1) is 0 Å². The molecule has 0 heterocycles. The molecule has 150 valence electrons. The van der Waals surface area contributed by atoms with E-state index < -0.39 is 7.37 Å². The largest absolute Gasteiger partial charge is 0.342 e. The van der Waals surface area contributed by atoms with E-state index in [1.807, 2.05) is 4.90 Å². The van der Waals surface area contributed by atoms with Crippen LogP contribution < -0.4 is 0 Å². The Kier molecular flexibility index (Phi) is 15.7. The maximum atomic E-state index is 12.6. The second kappa shape index (κ2) is 15.9. The molecule has 0 N–H and O–H groups in total. The molecule has 25 heavy (non-hydrogen) atoms. The van der Waals surface area contributed by atoms with Gasteiger partial charge in [0, 0.05) is 19.8 Å². The molecule has 1 unspecified atom stereocenters. The molecule has 1 atom stereocenters. The summed E-state index contributed by atoms with van der Waals surface area (Å²) in [7, 11) is -2.82. The Morgan fingerprint density at radius 3 is 1.80 bits per heavy atom. The number of nitrogens with zero attached hydrogens (tertiary/aromatic N) is 1. The summed E-state index contributed by atoms with van der Waals surface area (Å²) in [5.41, 5.74) is 0. The lowest BCUT2D eigenvalue weighted by molar-refractivity contribution is -0.128. The van der Waals surface area contributed by atoms with Crippen molar-refractivity contribution in [3.8, 4) is 0 Å². The number of hydrogen-bond donors (Lipinski definition) is 0. The van der Waals surface area contributed by atoms with Gasteiger partial charge in [0.1, 0.15) is 6.16 Å². The zero-order chi connectivity index (χ0) is 19.0. The van der Waals surface area contributed by atoms with Crippen LogP contribution in [0.4, 0.5) is 0 Å². The normalized spacial score (nSPS) is 13.6. The summed E-state index contributed by atoms with van der Waals surface area (Å²) in [5.74, 6) is -0.00713. The van der Waals surface area contributed by atoms with E-state index >= 15 is 0 Å². The van der Waals surface area contributed by atoms with Crippen LogP contribution in [0.1, 0.15) is 91.4 Å². The van der Waals surface area contributed by atoms with E-state index in [9.17, 15) is 9.36 Å². The van der Waals surface area contributed by atoms with Crippen molar-refractivity contribution in [2.45, 2.75) is 91.4 Å². The Labute approximate surface area is 156 Å². The average Bonchev–Trinajstić information content (AvgIpc) is 2.56. The standard InChI is InChI=1S/C20H42NO3P/c1-5-8-11-12-13-14-15-18-24-25(4,23)19-20(22)21(16-9-6-2)17-10-7-3/h5-19H2,1-4H3. The van der Waals surface area contributed by atoms with E-state index in [0.29, 0.717) is 6.61 Å². The van der Waals surface area contributed by atoms with Crippen LogP contribution >= 0.6 is 7.37 Å². The molecule has 0 spiro atoms. The number of hydrogen-bond acceptors (Lipinski definition) is 3. The highest BCUT2D eigenvalue weighted by atomic mass is 31.2. The molecule has 0 saturated heterocycles. The minimum absolute atomic E-state index is 0.00713. The van der Waals surface area contributed by atoms with Crippen molar-refractivity contribution in [2.75, 3.05) is 32.5 Å². The zero-order valence-electron chi connectivity index (χ0n) is 17.2. The van der Waals surface area contributed by atoms with Crippen molar-refractivity contribution >= 4 is 13.3 Å². The van der Waals surface area contributed by atoms with Gasteiger partial charge in [-0.25, -0.2) is 0 Å². The van der Waals surface area contributed by atoms with Crippen molar-refractivity contribution < 1.29 is 13.9 Å². The Morgan fingerprint density at radius 1 is 0.800 bits per heavy atom. The number of unbranched alkanes of at least 4 members (excludes halogenated alkanes) is 8. The van der Waals surface area contributed by atoms with Crippen LogP contribution in [0.5, 0.6) is 0 Å². The lowest BCUT2D eigenvalue weighted by atomic mass is 10.1. The van der Waals surface area contributed by atoms with Crippen molar-refractivity contribution in [1.82, 2.24) is 4.90 Å². The van der Waals surface area contributed by atoms with Gasteiger partial charge in [0.2, 0.25) is 13.3 Å². The summed E-state index contributed by atoms with van der Waals surface area (Å²) in [6.45, 7) is 10.1. The molecule has 0 bridgehead atoms. The van der Waals surface area contributed by atoms with Gasteiger partial charge in [0.15, 0.2) is 0 Å². The van der Waals surface area contributed by atoms with Gasteiger partial charge >= 0.3 is 0 Å². The van der Waals surface area contributed by atoms with E-state index in [1.165, 1.54) is 32.1 Å². The van der Waals surface area contributed by atoms with Crippen molar-refractivity contribution in [3.05, 3.63) is 0 Å². The summed E-state index contributed by atoms with van der Waals surface area (Å²) >= 11 is 0. The molecule has 0 aromatic rings. The molecule has 0 aromatic carbocycles. The molecule has 0 saturated carbocycles. The summed E-state index contributed by atoms with van der Waals surface area (Å²) in [6, 6.07) is 0. The number of amides is 1. The monoisotopic (exact) mass is 375 g/mol. The summed E-state index contributed by atoms with van der Waals surface area (Å²) in [4.78, 5) is 14.4. The Hall–Kier alpha value is -0.340. The van der Waals surface area contributed by atoms with Crippen molar-refractivity contribution in [2.24, 2.45) is 0 Å². The quantitative estimate of drug-likeness (QED) is 0.228. The Bertz CT molecular complexity index is 366. The van der Waals surface area contributed by atoms with Crippen LogP contribution in [0.15, 0.2) is 0 Å². The molecule has 0 aliphatic carbocycles. The molecule has 0 radical (unpaired) electrons. The van der Waals surface area contributed by atoms with Gasteiger partial charge in [0.05, 0.1) is 6.61 Å². The predicted molar refractivity (Wildman–Crippen MR) is 109 cm³/mol. The van der Waals surface area contributed by atoms with Crippen LogP contribution in [0.25, 0.3) is 0 Å². The van der Waals surface area contributed by atoms with Crippen molar-refractivity contribution in [3.63, 3.8) is 0 Å². The maximum absolute atomic E-state index is 12.6. The molecule has 1 amide bonds. The second-order valence-electron chi connectivity index (χ2n) is 7.21. The van der Waals surface area contributed by atoms with Gasteiger partial charge in [-0.05, 0) is 19.3 Å². The van der Waals surface area contributed by atoms with E-state index in [4.69, 9.17) is 4.52 Å². The zero-order valence-corrected chi connectivity index (χ0v) is 18.1. The number of carbonyl (C=O) groups is 1. The average molecular weight is 376 g/mol. The van der Waals surface area contributed by atoms with Crippen LogP contribution in [-0.2, 0) is 13.9 Å². The molecule has 0 aliphatic heterocycles. The predicted octanol–water partition coefficient (Wildman–Crippen LogP) is 6.09. The highest BCUT2D eigenvalue weighted by Crippen LogP contribution is 2.42. The molecule has 0 aromatic heterocycles. The fourth-order valence-electron chi connectivity index (χ4n) is 2.77. The third kappa shape index (κ3) is 14.5. The fraction of sp³-hybridized carbons (Fsp3) is 0.950. The third-order valence-corrected chi connectivity index (χ3v) is 6.02. The topological polar surface area (TPSA) is 46.6 Å². The lowest BCUT2D eigenvalue weighted by Gasteiger charge is -2.24. The van der Waals surface area contributed by atoms with Gasteiger partial charge in [-0.2, -0.15) is 0 Å². The minimum Gasteiger partial charge on any atom is -0.342 e. The van der Waals surface area contributed by atoms with Crippen molar-refractivity contribution in [1.29, 1.82) is 0 Å². The fourth-order valence-corrected chi connectivity index (χ4v) is 4.07. The van der Waals surface area contributed by atoms with Gasteiger partial charge in [0.25, 0.3) is 0 Å². The third-order valence-electron chi connectivity index (χ3n) is 4.45. The first-order valence-electron chi connectivity index (χ1n) is 10.5. The van der Waals surface area contributed by atoms with E-state index in [0.717, 1.165) is 51.6 Å². The summed E-state index contributed by atoms with van der Waals surface area (Å²) < 4.78 is 18.2.